The molecule has 1 aromatic rings. The Morgan fingerprint density at radius 1 is 1.31 bits per heavy atom. The second-order valence-corrected chi connectivity index (χ2v) is 3.91. The third kappa shape index (κ3) is 2.90. The highest BCUT2D eigenvalue weighted by molar-refractivity contribution is 14.1. The molecule has 0 radical (unpaired) electrons. The summed E-state index contributed by atoms with van der Waals surface area (Å²) in [4.78, 5) is 0. The third-order valence-corrected chi connectivity index (χ3v) is 3.28. The van der Waals surface area contributed by atoms with Crippen LogP contribution in [0.5, 0.6) is 0 Å². The standard InChI is InChI=1S/C10H11F2I/c1-7(6-13)8-3-2-4-9(5-8)10(11)12/h2-5,7,10H,6H2,1H3. The van der Waals surface area contributed by atoms with Gasteiger partial charge in [-0.25, -0.2) is 8.78 Å². The first kappa shape index (κ1) is 10.9. The number of hydrogen-bond acceptors (Lipinski definition) is 0. The van der Waals surface area contributed by atoms with Gasteiger partial charge < -0.3 is 0 Å². The summed E-state index contributed by atoms with van der Waals surface area (Å²) in [6.07, 6.45) is -2.36. The minimum atomic E-state index is -2.36. The Morgan fingerprint density at radius 3 is 2.46 bits per heavy atom. The molecule has 1 rings (SSSR count). The molecule has 0 saturated carbocycles. The number of rotatable bonds is 3. The average Bonchev–Trinajstić information content (AvgIpc) is 2.17. The molecule has 0 nitrogen and oxygen atoms in total. The van der Waals surface area contributed by atoms with Crippen molar-refractivity contribution >= 4 is 22.6 Å². The lowest BCUT2D eigenvalue weighted by atomic mass is 10.0. The molecule has 0 aliphatic carbocycles. The van der Waals surface area contributed by atoms with Crippen molar-refractivity contribution in [2.75, 3.05) is 4.43 Å². The van der Waals surface area contributed by atoms with E-state index in [9.17, 15) is 8.78 Å². The highest BCUT2D eigenvalue weighted by atomic mass is 127. The van der Waals surface area contributed by atoms with Gasteiger partial charge in [0, 0.05) is 9.99 Å². The second kappa shape index (κ2) is 4.88. The molecular formula is C10H11F2I. The van der Waals surface area contributed by atoms with E-state index in [2.05, 4.69) is 22.6 Å². The molecule has 0 saturated heterocycles. The van der Waals surface area contributed by atoms with Crippen LogP contribution in [0.25, 0.3) is 0 Å². The summed E-state index contributed by atoms with van der Waals surface area (Å²) in [5, 5.41) is 0. The summed E-state index contributed by atoms with van der Waals surface area (Å²) in [5.74, 6) is 0.347. The van der Waals surface area contributed by atoms with E-state index >= 15 is 0 Å². The third-order valence-electron chi connectivity index (χ3n) is 1.96. The summed E-state index contributed by atoms with van der Waals surface area (Å²) >= 11 is 2.26. The van der Waals surface area contributed by atoms with Gasteiger partial charge in [-0.05, 0) is 17.5 Å². The minimum absolute atomic E-state index is 0.120. The Hall–Kier alpha value is -0.190. The van der Waals surface area contributed by atoms with Crippen molar-refractivity contribution in [1.29, 1.82) is 0 Å². The van der Waals surface area contributed by atoms with E-state index in [4.69, 9.17) is 0 Å². The van der Waals surface area contributed by atoms with Gasteiger partial charge in [0.25, 0.3) is 6.43 Å². The molecule has 72 valence electrons. The molecule has 13 heavy (non-hydrogen) atoms. The van der Waals surface area contributed by atoms with Gasteiger partial charge in [-0.1, -0.05) is 47.7 Å². The average molecular weight is 296 g/mol. The van der Waals surface area contributed by atoms with Crippen LogP contribution in [0, 0.1) is 0 Å². The van der Waals surface area contributed by atoms with Gasteiger partial charge in [0.15, 0.2) is 0 Å². The fraction of sp³-hybridized carbons (Fsp3) is 0.400. The van der Waals surface area contributed by atoms with Crippen LogP contribution in [-0.2, 0) is 0 Å². The molecule has 1 aromatic carbocycles. The summed E-state index contributed by atoms with van der Waals surface area (Å²) in [5.41, 5.74) is 1.11. The Bertz CT molecular complexity index is 273. The fourth-order valence-corrected chi connectivity index (χ4v) is 1.60. The van der Waals surface area contributed by atoms with Gasteiger partial charge in [0.1, 0.15) is 0 Å². The zero-order chi connectivity index (χ0) is 9.84. The monoisotopic (exact) mass is 296 g/mol. The van der Waals surface area contributed by atoms with Gasteiger partial charge in [0.05, 0.1) is 0 Å². The van der Waals surface area contributed by atoms with Crippen LogP contribution in [0.4, 0.5) is 8.78 Å². The highest BCUT2D eigenvalue weighted by Gasteiger charge is 2.09. The van der Waals surface area contributed by atoms with Crippen molar-refractivity contribution in [3.63, 3.8) is 0 Å². The van der Waals surface area contributed by atoms with Gasteiger partial charge in [0.2, 0.25) is 0 Å². The summed E-state index contributed by atoms with van der Waals surface area (Å²) < 4.78 is 25.6. The zero-order valence-electron chi connectivity index (χ0n) is 7.31. The van der Waals surface area contributed by atoms with E-state index in [1.165, 1.54) is 6.07 Å². The van der Waals surface area contributed by atoms with Crippen LogP contribution in [0.2, 0.25) is 0 Å². The first-order valence-corrected chi connectivity index (χ1v) is 5.61. The van der Waals surface area contributed by atoms with Crippen LogP contribution in [0.1, 0.15) is 30.4 Å². The molecule has 0 N–H and O–H groups in total. The van der Waals surface area contributed by atoms with Crippen molar-refractivity contribution in [2.24, 2.45) is 0 Å². The second-order valence-electron chi connectivity index (χ2n) is 3.03. The normalized spacial score (nSPS) is 13.3. The van der Waals surface area contributed by atoms with Crippen molar-refractivity contribution < 1.29 is 8.78 Å². The first-order valence-electron chi connectivity index (χ1n) is 4.09. The maximum Gasteiger partial charge on any atom is 0.263 e. The quantitative estimate of drug-likeness (QED) is 0.580. The molecule has 0 aliphatic heterocycles. The maximum atomic E-state index is 12.3. The summed E-state index contributed by atoms with van der Waals surface area (Å²) in [6, 6.07) is 6.65. The van der Waals surface area contributed by atoms with E-state index in [1.54, 1.807) is 12.1 Å². The van der Waals surface area contributed by atoms with Gasteiger partial charge in [-0.2, -0.15) is 0 Å². The van der Waals surface area contributed by atoms with Crippen LogP contribution in [0.15, 0.2) is 24.3 Å². The lowest BCUT2D eigenvalue weighted by molar-refractivity contribution is 0.151. The van der Waals surface area contributed by atoms with Crippen molar-refractivity contribution in [1.82, 2.24) is 0 Å². The fourth-order valence-electron chi connectivity index (χ4n) is 1.09. The van der Waals surface area contributed by atoms with Crippen molar-refractivity contribution in [3.05, 3.63) is 35.4 Å². The van der Waals surface area contributed by atoms with E-state index in [0.29, 0.717) is 5.92 Å². The molecule has 0 heterocycles. The van der Waals surface area contributed by atoms with Crippen LogP contribution in [-0.4, -0.2) is 4.43 Å². The Morgan fingerprint density at radius 2 is 1.92 bits per heavy atom. The Balaban J connectivity index is 2.91. The molecule has 0 amide bonds. The Labute approximate surface area is 90.5 Å². The molecule has 0 spiro atoms. The molecular weight excluding hydrogens is 285 g/mol. The number of alkyl halides is 3. The lowest BCUT2D eigenvalue weighted by Crippen LogP contribution is -1.95. The van der Waals surface area contributed by atoms with Crippen LogP contribution in [0.3, 0.4) is 0 Å². The minimum Gasteiger partial charge on any atom is -0.205 e. The van der Waals surface area contributed by atoms with Gasteiger partial charge in [-0.3, -0.25) is 0 Å². The molecule has 1 unspecified atom stereocenters. The number of benzene rings is 1. The summed E-state index contributed by atoms with van der Waals surface area (Å²) in [6.45, 7) is 2.04. The van der Waals surface area contributed by atoms with Crippen LogP contribution >= 0.6 is 22.6 Å². The predicted molar refractivity (Wildman–Crippen MR) is 58.7 cm³/mol. The van der Waals surface area contributed by atoms with Crippen LogP contribution < -0.4 is 0 Å². The number of halogens is 3. The number of hydrogen-bond donors (Lipinski definition) is 0. The predicted octanol–water partition coefficient (Wildman–Crippen LogP) is 4.16. The topological polar surface area (TPSA) is 0 Å². The molecule has 0 bridgehead atoms. The SMILES string of the molecule is CC(CI)c1cccc(C(F)F)c1. The molecule has 1 atom stereocenters. The van der Waals surface area contributed by atoms with E-state index in [1.807, 2.05) is 13.0 Å². The van der Waals surface area contributed by atoms with Crippen molar-refractivity contribution in [2.45, 2.75) is 19.3 Å². The smallest absolute Gasteiger partial charge is 0.205 e. The zero-order valence-corrected chi connectivity index (χ0v) is 9.46. The van der Waals surface area contributed by atoms with E-state index in [-0.39, 0.29) is 5.56 Å². The molecule has 0 fully saturated rings. The van der Waals surface area contributed by atoms with Gasteiger partial charge in [-0.15, -0.1) is 0 Å². The molecule has 3 heteroatoms. The first-order chi connectivity index (χ1) is 6.15. The lowest BCUT2D eigenvalue weighted by Gasteiger charge is -2.09. The van der Waals surface area contributed by atoms with Gasteiger partial charge >= 0.3 is 0 Å². The summed E-state index contributed by atoms with van der Waals surface area (Å²) in [7, 11) is 0. The maximum absolute atomic E-state index is 12.3. The van der Waals surface area contributed by atoms with Crippen molar-refractivity contribution in [3.8, 4) is 0 Å². The largest absolute Gasteiger partial charge is 0.263 e. The van der Waals surface area contributed by atoms with E-state index < -0.39 is 6.43 Å². The molecule has 0 aliphatic rings. The highest BCUT2D eigenvalue weighted by Crippen LogP contribution is 2.24. The van der Waals surface area contributed by atoms with E-state index in [0.717, 1.165) is 9.99 Å². The Kier molecular flexibility index (Phi) is 4.09. The molecule has 0 aromatic heterocycles.